The van der Waals surface area contributed by atoms with Gasteiger partial charge in [0.25, 0.3) is 5.91 Å². The number of pyridine rings is 1. The predicted molar refractivity (Wildman–Crippen MR) is 69.9 cm³/mol. The molecule has 1 heterocycles. The maximum absolute atomic E-state index is 13.2. The quantitative estimate of drug-likeness (QED) is 0.923. The highest BCUT2D eigenvalue weighted by molar-refractivity contribution is 6.05. The Bertz CT molecular complexity index is 614. The number of carbonyl (C=O) groups excluding carboxylic acids is 1. The number of aromatic nitrogens is 1. The van der Waals surface area contributed by atoms with Crippen molar-refractivity contribution in [1.29, 1.82) is 0 Å². The van der Waals surface area contributed by atoms with Crippen molar-refractivity contribution in [2.45, 2.75) is 6.92 Å². The van der Waals surface area contributed by atoms with Gasteiger partial charge in [-0.3, -0.25) is 4.79 Å². The molecule has 0 spiro atoms. The summed E-state index contributed by atoms with van der Waals surface area (Å²) in [7, 11) is 1.43. The number of aryl methyl sites for hydroxylation is 1. The SMILES string of the molecule is COc1ccc(F)cc1C(=O)Nc1cccc(C)n1. The van der Waals surface area contributed by atoms with Gasteiger partial charge in [-0.1, -0.05) is 6.07 Å². The van der Waals surface area contributed by atoms with Gasteiger partial charge in [0.1, 0.15) is 17.4 Å². The van der Waals surface area contributed by atoms with E-state index in [2.05, 4.69) is 10.3 Å². The van der Waals surface area contributed by atoms with E-state index in [1.807, 2.05) is 13.0 Å². The first kappa shape index (κ1) is 13.0. The standard InChI is InChI=1S/C14H13FN2O2/c1-9-4-3-5-13(16-9)17-14(18)11-8-10(15)6-7-12(11)19-2/h3-8H,1-2H3,(H,16,17,18). The van der Waals surface area contributed by atoms with Gasteiger partial charge in [-0.25, -0.2) is 9.37 Å². The van der Waals surface area contributed by atoms with Crippen LogP contribution in [0.3, 0.4) is 0 Å². The minimum Gasteiger partial charge on any atom is -0.496 e. The zero-order valence-electron chi connectivity index (χ0n) is 10.6. The first-order valence-electron chi connectivity index (χ1n) is 5.68. The van der Waals surface area contributed by atoms with E-state index in [4.69, 9.17) is 4.74 Å². The lowest BCUT2D eigenvalue weighted by Gasteiger charge is -2.09. The highest BCUT2D eigenvalue weighted by Crippen LogP contribution is 2.20. The van der Waals surface area contributed by atoms with E-state index >= 15 is 0 Å². The molecule has 1 aromatic heterocycles. The predicted octanol–water partition coefficient (Wildman–Crippen LogP) is 2.79. The van der Waals surface area contributed by atoms with Gasteiger partial charge in [0, 0.05) is 5.69 Å². The lowest BCUT2D eigenvalue weighted by atomic mass is 10.2. The monoisotopic (exact) mass is 260 g/mol. The number of nitrogens with one attached hydrogen (secondary N) is 1. The van der Waals surface area contributed by atoms with Crippen molar-refractivity contribution >= 4 is 11.7 Å². The Morgan fingerprint density at radius 3 is 2.79 bits per heavy atom. The lowest BCUT2D eigenvalue weighted by Crippen LogP contribution is -2.14. The summed E-state index contributed by atoms with van der Waals surface area (Å²) in [6, 6.07) is 9.04. The normalized spacial score (nSPS) is 10.1. The topological polar surface area (TPSA) is 51.2 Å². The summed E-state index contributed by atoms with van der Waals surface area (Å²) in [5.74, 6) is -0.236. The Labute approximate surface area is 110 Å². The molecular formula is C14H13FN2O2. The van der Waals surface area contributed by atoms with Gasteiger partial charge < -0.3 is 10.1 Å². The molecule has 1 N–H and O–H groups in total. The summed E-state index contributed by atoms with van der Waals surface area (Å²) in [5.41, 5.74) is 0.912. The molecule has 0 aliphatic rings. The summed E-state index contributed by atoms with van der Waals surface area (Å²) < 4.78 is 18.2. The van der Waals surface area contributed by atoms with Crippen LogP contribution in [-0.2, 0) is 0 Å². The van der Waals surface area contributed by atoms with E-state index < -0.39 is 11.7 Å². The minimum absolute atomic E-state index is 0.130. The van der Waals surface area contributed by atoms with Gasteiger partial charge in [0.05, 0.1) is 12.7 Å². The second-order valence-electron chi connectivity index (χ2n) is 3.96. The van der Waals surface area contributed by atoms with Crippen molar-refractivity contribution in [3.8, 4) is 5.75 Å². The fourth-order valence-electron chi connectivity index (χ4n) is 1.65. The first-order chi connectivity index (χ1) is 9.10. The average Bonchev–Trinajstić information content (AvgIpc) is 2.38. The van der Waals surface area contributed by atoms with Gasteiger partial charge in [-0.05, 0) is 37.3 Å². The zero-order valence-corrected chi connectivity index (χ0v) is 10.6. The number of methoxy groups -OCH3 is 1. The number of amides is 1. The van der Waals surface area contributed by atoms with E-state index in [1.54, 1.807) is 12.1 Å². The van der Waals surface area contributed by atoms with Crippen LogP contribution >= 0.6 is 0 Å². The summed E-state index contributed by atoms with van der Waals surface area (Å²) in [6.45, 7) is 1.82. The molecule has 0 saturated heterocycles. The Morgan fingerprint density at radius 2 is 2.11 bits per heavy atom. The molecule has 0 fully saturated rings. The highest BCUT2D eigenvalue weighted by Gasteiger charge is 2.14. The lowest BCUT2D eigenvalue weighted by molar-refractivity contribution is 0.102. The molecule has 5 heteroatoms. The highest BCUT2D eigenvalue weighted by atomic mass is 19.1. The number of rotatable bonds is 3. The summed E-state index contributed by atoms with van der Waals surface area (Å²) >= 11 is 0. The average molecular weight is 260 g/mol. The van der Waals surface area contributed by atoms with Crippen LogP contribution in [-0.4, -0.2) is 18.0 Å². The second kappa shape index (κ2) is 5.48. The third-order valence-corrected chi connectivity index (χ3v) is 2.54. The fraction of sp³-hybridized carbons (Fsp3) is 0.143. The molecule has 0 radical (unpaired) electrons. The number of ether oxygens (including phenoxy) is 1. The zero-order chi connectivity index (χ0) is 13.8. The summed E-state index contributed by atoms with van der Waals surface area (Å²) in [6.07, 6.45) is 0. The molecule has 0 unspecified atom stereocenters. The molecule has 0 aliphatic heterocycles. The maximum Gasteiger partial charge on any atom is 0.260 e. The smallest absolute Gasteiger partial charge is 0.260 e. The number of carbonyl (C=O) groups is 1. The Hall–Kier alpha value is -2.43. The molecule has 2 aromatic rings. The molecule has 19 heavy (non-hydrogen) atoms. The van der Waals surface area contributed by atoms with Crippen molar-refractivity contribution in [2.24, 2.45) is 0 Å². The van der Waals surface area contributed by atoms with Gasteiger partial charge in [-0.15, -0.1) is 0 Å². The Morgan fingerprint density at radius 1 is 1.32 bits per heavy atom. The largest absolute Gasteiger partial charge is 0.496 e. The molecule has 0 atom stereocenters. The van der Waals surface area contributed by atoms with E-state index in [1.165, 1.54) is 19.2 Å². The van der Waals surface area contributed by atoms with Crippen LogP contribution < -0.4 is 10.1 Å². The molecule has 0 bridgehead atoms. The van der Waals surface area contributed by atoms with E-state index in [9.17, 15) is 9.18 Å². The minimum atomic E-state index is -0.497. The Kier molecular flexibility index (Phi) is 3.75. The van der Waals surface area contributed by atoms with Gasteiger partial charge in [0.15, 0.2) is 0 Å². The molecule has 1 aromatic carbocycles. The number of anilines is 1. The van der Waals surface area contributed by atoms with Crippen LogP contribution in [0.4, 0.5) is 10.2 Å². The Balaban J connectivity index is 2.27. The van der Waals surface area contributed by atoms with Crippen LogP contribution in [0.1, 0.15) is 16.1 Å². The van der Waals surface area contributed by atoms with Crippen LogP contribution in [0.2, 0.25) is 0 Å². The van der Waals surface area contributed by atoms with Crippen molar-refractivity contribution in [1.82, 2.24) is 4.98 Å². The van der Waals surface area contributed by atoms with E-state index in [-0.39, 0.29) is 5.56 Å². The fourth-order valence-corrected chi connectivity index (χ4v) is 1.65. The maximum atomic E-state index is 13.2. The van der Waals surface area contributed by atoms with E-state index in [0.717, 1.165) is 11.8 Å². The molecule has 0 saturated carbocycles. The van der Waals surface area contributed by atoms with E-state index in [0.29, 0.717) is 11.6 Å². The number of halogens is 1. The molecule has 0 aliphatic carbocycles. The van der Waals surface area contributed by atoms with Crippen LogP contribution in [0.15, 0.2) is 36.4 Å². The summed E-state index contributed by atoms with van der Waals surface area (Å²) in [4.78, 5) is 16.2. The molecule has 98 valence electrons. The third-order valence-electron chi connectivity index (χ3n) is 2.54. The third kappa shape index (κ3) is 3.07. The van der Waals surface area contributed by atoms with Gasteiger partial charge >= 0.3 is 0 Å². The van der Waals surface area contributed by atoms with Crippen LogP contribution in [0, 0.1) is 12.7 Å². The van der Waals surface area contributed by atoms with Crippen molar-refractivity contribution in [3.05, 3.63) is 53.5 Å². The number of benzene rings is 1. The van der Waals surface area contributed by atoms with Crippen LogP contribution in [0.5, 0.6) is 5.75 Å². The number of nitrogens with zero attached hydrogens (tertiary/aromatic N) is 1. The van der Waals surface area contributed by atoms with Crippen molar-refractivity contribution < 1.29 is 13.9 Å². The second-order valence-corrected chi connectivity index (χ2v) is 3.96. The van der Waals surface area contributed by atoms with Crippen molar-refractivity contribution in [2.75, 3.05) is 12.4 Å². The molecule has 2 rings (SSSR count). The number of hydrogen-bond acceptors (Lipinski definition) is 3. The van der Waals surface area contributed by atoms with Gasteiger partial charge in [0.2, 0.25) is 0 Å². The van der Waals surface area contributed by atoms with Crippen molar-refractivity contribution in [3.63, 3.8) is 0 Å². The summed E-state index contributed by atoms with van der Waals surface area (Å²) in [5, 5.41) is 2.60. The first-order valence-corrected chi connectivity index (χ1v) is 5.68. The van der Waals surface area contributed by atoms with Gasteiger partial charge in [-0.2, -0.15) is 0 Å². The molecule has 4 nitrogen and oxygen atoms in total. The molecule has 1 amide bonds. The van der Waals surface area contributed by atoms with Crippen LogP contribution in [0.25, 0.3) is 0 Å². The number of hydrogen-bond donors (Lipinski definition) is 1. The molecular weight excluding hydrogens is 247 g/mol.